The summed E-state index contributed by atoms with van der Waals surface area (Å²) in [5.41, 5.74) is 0.722. The van der Waals surface area contributed by atoms with E-state index in [1.165, 1.54) is 51.3 Å². The van der Waals surface area contributed by atoms with Gasteiger partial charge in [0.1, 0.15) is 5.82 Å². The fourth-order valence-corrected chi connectivity index (χ4v) is 6.03. The number of carbonyl (C=O) groups excluding carboxylic acids is 1. The van der Waals surface area contributed by atoms with Gasteiger partial charge >= 0.3 is 0 Å². The molecular formula is C21H23ClFN3O3S2. The fraction of sp³-hybridized carbons (Fsp3) is 0.333. The molecular weight excluding hydrogens is 461 g/mol. The van der Waals surface area contributed by atoms with Gasteiger partial charge in [0.25, 0.3) is 5.91 Å². The Morgan fingerprint density at radius 1 is 1.19 bits per heavy atom. The van der Waals surface area contributed by atoms with Crippen LogP contribution in [0.15, 0.2) is 52.4 Å². The molecule has 2 aromatic carbocycles. The largest absolute Gasteiger partial charge is 0.286 e. The van der Waals surface area contributed by atoms with E-state index < -0.39 is 15.8 Å². The van der Waals surface area contributed by atoms with Crippen LogP contribution >= 0.6 is 23.4 Å². The van der Waals surface area contributed by atoms with E-state index in [4.69, 9.17) is 11.6 Å². The topological polar surface area (TPSA) is 70.1 Å². The summed E-state index contributed by atoms with van der Waals surface area (Å²) in [6, 6.07) is 10.4. The van der Waals surface area contributed by atoms with Crippen LogP contribution in [0.2, 0.25) is 5.02 Å². The number of amides is 1. The summed E-state index contributed by atoms with van der Waals surface area (Å²) in [6.45, 7) is 5.16. The predicted octanol–water partition coefficient (Wildman–Crippen LogP) is 4.25. The van der Waals surface area contributed by atoms with Crippen LogP contribution in [-0.4, -0.2) is 54.9 Å². The summed E-state index contributed by atoms with van der Waals surface area (Å²) < 4.78 is 40.6. The third-order valence-electron chi connectivity index (χ3n) is 4.90. The summed E-state index contributed by atoms with van der Waals surface area (Å²) in [5.74, 6) is -0.438. The van der Waals surface area contributed by atoms with E-state index in [2.05, 4.69) is 4.99 Å². The van der Waals surface area contributed by atoms with Crippen LogP contribution in [0.1, 0.15) is 29.8 Å². The third kappa shape index (κ3) is 5.11. The van der Waals surface area contributed by atoms with E-state index in [9.17, 15) is 17.6 Å². The highest BCUT2D eigenvalue weighted by atomic mass is 35.5. The van der Waals surface area contributed by atoms with Crippen molar-refractivity contribution < 1.29 is 17.6 Å². The highest BCUT2D eigenvalue weighted by molar-refractivity contribution is 8.13. The molecule has 0 N–H and O–H groups in total. The van der Waals surface area contributed by atoms with Gasteiger partial charge in [0.2, 0.25) is 10.0 Å². The van der Waals surface area contributed by atoms with Crippen molar-refractivity contribution in [1.82, 2.24) is 9.21 Å². The van der Waals surface area contributed by atoms with Crippen LogP contribution in [0.5, 0.6) is 0 Å². The molecule has 10 heteroatoms. The molecule has 0 unspecified atom stereocenters. The van der Waals surface area contributed by atoms with Gasteiger partial charge in [0, 0.05) is 41.5 Å². The minimum absolute atomic E-state index is 0.145. The summed E-state index contributed by atoms with van der Waals surface area (Å²) in [6.07, 6.45) is 0. The Kier molecular flexibility index (Phi) is 7.74. The van der Waals surface area contributed by atoms with Crippen LogP contribution in [0, 0.1) is 5.82 Å². The molecule has 0 fully saturated rings. The number of benzene rings is 2. The summed E-state index contributed by atoms with van der Waals surface area (Å²) in [5, 5.41) is 0.818. The van der Waals surface area contributed by atoms with Gasteiger partial charge in [-0.05, 0) is 36.4 Å². The van der Waals surface area contributed by atoms with Crippen LogP contribution < -0.4 is 0 Å². The lowest BCUT2D eigenvalue weighted by atomic mass is 10.2. The minimum Gasteiger partial charge on any atom is -0.286 e. The number of carbonyl (C=O) groups is 1. The Bertz CT molecular complexity index is 1070. The van der Waals surface area contributed by atoms with Gasteiger partial charge in [0.15, 0.2) is 5.17 Å². The maximum atomic E-state index is 14.0. The van der Waals surface area contributed by atoms with Gasteiger partial charge in [-0.15, -0.1) is 0 Å². The number of hydrogen-bond acceptors (Lipinski definition) is 5. The SMILES string of the molecule is CCN(CC)S(=O)(=O)c1ccc(C(=O)N2CCN=C2SCc2c(F)cccc2Cl)cc1. The Hall–Kier alpha value is -1.94. The molecule has 0 radical (unpaired) electrons. The number of hydrogen-bond donors (Lipinski definition) is 0. The summed E-state index contributed by atoms with van der Waals surface area (Å²) in [4.78, 5) is 19.0. The van der Waals surface area contributed by atoms with Crippen molar-refractivity contribution in [2.75, 3.05) is 26.2 Å². The lowest BCUT2D eigenvalue weighted by Gasteiger charge is -2.20. The molecule has 0 atom stereocenters. The van der Waals surface area contributed by atoms with E-state index in [1.54, 1.807) is 26.0 Å². The Morgan fingerprint density at radius 3 is 2.48 bits per heavy atom. The zero-order valence-corrected chi connectivity index (χ0v) is 19.6. The van der Waals surface area contributed by atoms with E-state index in [0.717, 1.165) is 0 Å². The average Bonchev–Trinajstić information content (AvgIpc) is 3.22. The first-order valence-corrected chi connectivity index (χ1v) is 12.6. The second kappa shape index (κ2) is 10.1. The molecule has 0 aromatic heterocycles. The average molecular weight is 484 g/mol. The lowest BCUT2D eigenvalue weighted by molar-refractivity contribution is 0.0860. The number of thioether (sulfide) groups is 1. The second-order valence-electron chi connectivity index (χ2n) is 6.72. The molecule has 2 aromatic rings. The first kappa shape index (κ1) is 23.7. The number of halogens is 2. The Balaban J connectivity index is 1.73. The van der Waals surface area contributed by atoms with Crippen molar-refractivity contribution in [3.63, 3.8) is 0 Å². The van der Waals surface area contributed by atoms with Crippen LogP contribution in [0.4, 0.5) is 4.39 Å². The van der Waals surface area contributed by atoms with Gasteiger partial charge in [-0.3, -0.25) is 14.7 Å². The maximum absolute atomic E-state index is 14.0. The molecule has 1 aliphatic rings. The van der Waals surface area contributed by atoms with Crippen molar-refractivity contribution in [1.29, 1.82) is 0 Å². The first-order valence-electron chi connectivity index (χ1n) is 9.81. The number of nitrogens with zero attached hydrogens (tertiary/aromatic N) is 3. The lowest BCUT2D eigenvalue weighted by Crippen LogP contribution is -2.33. The van der Waals surface area contributed by atoms with Crippen molar-refractivity contribution in [3.8, 4) is 0 Å². The monoisotopic (exact) mass is 483 g/mol. The molecule has 0 aliphatic carbocycles. The molecule has 0 saturated carbocycles. The highest BCUT2D eigenvalue weighted by Gasteiger charge is 2.27. The Morgan fingerprint density at radius 2 is 1.87 bits per heavy atom. The molecule has 166 valence electrons. The van der Waals surface area contributed by atoms with Gasteiger partial charge < -0.3 is 0 Å². The predicted molar refractivity (Wildman–Crippen MR) is 123 cm³/mol. The van der Waals surface area contributed by atoms with Crippen LogP contribution in [-0.2, 0) is 15.8 Å². The second-order valence-corrected chi connectivity index (χ2v) is 10.0. The molecule has 0 bridgehead atoms. The van der Waals surface area contributed by atoms with E-state index in [-0.39, 0.29) is 16.6 Å². The molecule has 1 amide bonds. The number of amidine groups is 1. The van der Waals surface area contributed by atoms with Crippen LogP contribution in [0.3, 0.4) is 0 Å². The van der Waals surface area contributed by atoms with Crippen LogP contribution in [0.25, 0.3) is 0 Å². The number of rotatable bonds is 7. The standard InChI is InChI=1S/C21H23ClFN3O3S2/c1-3-25(4-2)31(28,29)16-10-8-15(9-11-16)20(27)26-13-12-24-21(26)30-14-17-18(22)6-5-7-19(17)23/h5-11H,3-4,12-14H2,1-2H3. The molecule has 31 heavy (non-hydrogen) atoms. The van der Waals surface area contributed by atoms with Crippen molar-refractivity contribution in [2.45, 2.75) is 24.5 Å². The highest BCUT2D eigenvalue weighted by Crippen LogP contribution is 2.27. The van der Waals surface area contributed by atoms with E-state index >= 15 is 0 Å². The van der Waals surface area contributed by atoms with E-state index in [0.29, 0.717) is 47.5 Å². The minimum atomic E-state index is -3.59. The number of aliphatic imine (C=N–C) groups is 1. The zero-order chi connectivity index (χ0) is 22.6. The van der Waals surface area contributed by atoms with Crippen molar-refractivity contribution >= 4 is 44.5 Å². The van der Waals surface area contributed by atoms with Gasteiger partial charge in [0.05, 0.1) is 11.4 Å². The smallest absolute Gasteiger partial charge is 0.259 e. The Labute approximate surface area is 191 Å². The van der Waals surface area contributed by atoms with Crippen molar-refractivity contribution in [2.24, 2.45) is 4.99 Å². The molecule has 1 aliphatic heterocycles. The van der Waals surface area contributed by atoms with Gasteiger partial charge in [-0.25, -0.2) is 12.8 Å². The molecule has 0 saturated heterocycles. The normalized spacial score (nSPS) is 14.2. The van der Waals surface area contributed by atoms with E-state index in [1.807, 2.05) is 0 Å². The molecule has 3 rings (SSSR count). The van der Waals surface area contributed by atoms with Crippen molar-refractivity contribution in [3.05, 3.63) is 64.4 Å². The molecule has 0 spiro atoms. The van der Waals surface area contributed by atoms with Gasteiger partial charge in [-0.2, -0.15) is 4.31 Å². The molecule has 1 heterocycles. The first-order chi connectivity index (χ1) is 14.8. The quantitative estimate of drug-likeness (QED) is 0.590. The fourth-order valence-electron chi connectivity index (χ4n) is 3.18. The summed E-state index contributed by atoms with van der Waals surface area (Å²) in [7, 11) is -3.59. The molecule has 6 nitrogen and oxygen atoms in total. The number of sulfonamides is 1. The zero-order valence-electron chi connectivity index (χ0n) is 17.2. The maximum Gasteiger partial charge on any atom is 0.259 e. The summed E-state index contributed by atoms with van der Waals surface area (Å²) >= 11 is 7.32. The third-order valence-corrected chi connectivity index (χ3v) is 8.36. The van der Waals surface area contributed by atoms with Gasteiger partial charge in [-0.1, -0.05) is 43.3 Å².